The molecule has 0 radical (unpaired) electrons. The van der Waals surface area contributed by atoms with Gasteiger partial charge in [-0.25, -0.2) is 4.39 Å². The first-order valence-corrected chi connectivity index (χ1v) is 12.4. The lowest BCUT2D eigenvalue weighted by atomic mass is 9.44. The largest absolute Gasteiger partial charge is 0.390 e. The van der Waals surface area contributed by atoms with E-state index in [2.05, 4.69) is 29.8 Å². The second kappa shape index (κ2) is 6.52. The molecule has 10 atom stereocenters. The summed E-state index contributed by atoms with van der Waals surface area (Å²) >= 11 is 3.76. The van der Waals surface area contributed by atoms with Crippen molar-refractivity contribution in [1.29, 1.82) is 0 Å². The first-order chi connectivity index (χ1) is 15.1. The van der Waals surface area contributed by atoms with E-state index in [0.29, 0.717) is 6.42 Å². The Bertz CT molecular complexity index is 926. The van der Waals surface area contributed by atoms with Gasteiger partial charge in [-0.15, -0.1) is 0 Å². The number of alkyl halides is 2. The van der Waals surface area contributed by atoms with Crippen LogP contribution in [0.3, 0.4) is 0 Å². The number of rotatable bonds is 0. The third-order valence-corrected chi connectivity index (χ3v) is 10.8. The van der Waals surface area contributed by atoms with Gasteiger partial charge in [0.2, 0.25) is 5.79 Å². The van der Waals surface area contributed by atoms with E-state index in [9.17, 15) is 9.90 Å². The number of hydrogen-bond donors (Lipinski definition) is 1. The Kier molecular flexibility index (Phi) is 4.45. The average molecular weight is 513 g/mol. The number of aliphatic hydroxyl groups excluding tert-OH is 1. The van der Waals surface area contributed by atoms with E-state index in [1.165, 1.54) is 6.08 Å². The van der Waals surface area contributed by atoms with Crippen LogP contribution in [0.15, 0.2) is 23.8 Å². The van der Waals surface area contributed by atoms with Gasteiger partial charge >= 0.3 is 0 Å². The van der Waals surface area contributed by atoms with Crippen molar-refractivity contribution in [1.82, 2.24) is 0 Å². The number of allylic oxidation sites excluding steroid dienone is 4. The Hall–Kier alpha value is -0.640. The Labute approximate surface area is 195 Å². The first kappa shape index (κ1) is 21.9. The fourth-order valence-electron chi connectivity index (χ4n) is 8.73. The molecule has 0 aromatic rings. The van der Waals surface area contributed by atoms with Gasteiger partial charge in [0.05, 0.1) is 6.10 Å². The van der Waals surface area contributed by atoms with Crippen LogP contribution >= 0.6 is 15.9 Å². The van der Waals surface area contributed by atoms with Crippen LogP contribution in [-0.4, -0.2) is 59.1 Å². The summed E-state index contributed by atoms with van der Waals surface area (Å²) in [5.41, 5.74) is -3.64. The van der Waals surface area contributed by atoms with Crippen LogP contribution in [-0.2, 0) is 23.7 Å². The predicted molar refractivity (Wildman–Crippen MR) is 115 cm³/mol. The molecule has 0 amide bonds. The molecular formula is C24H30BrFO6. The van der Waals surface area contributed by atoms with Crippen molar-refractivity contribution in [2.24, 2.45) is 28.6 Å². The zero-order valence-corrected chi connectivity index (χ0v) is 20.2. The Morgan fingerprint density at radius 3 is 2.62 bits per heavy atom. The normalized spacial score (nSPS) is 58.8. The third kappa shape index (κ3) is 2.17. The van der Waals surface area contributed by atoms with E-state index in [0.717, 1.165) is 12.0 Å². The molecule has 1 N–H and O–H groups in total. The van der Waals surface area contributed by atoms with Gasteiger partial charge in [0.25, 0.3) is 0 Å². The van der Waals surface area contributed by atoms with Crippen LogP contribution in [0.1, 0.15) is 40.0 Å². The van der Waals surface area contributed by atoms with Crippen molar-refractivity contribution in [3.8, 4) is 0 Å². The topological polar surface area (TPSA) is 74.2 Å². The fourth-order valence-corrected chi connectivity index (χ4v) is 9.74. The molecule has 0 aromatic carbocycles. The lowest BCUT2D eigenvalue weighted by molar-refractivity contribution is -0.277. The van der Waals surface area contributed by atoms with Gasteiger partial charge in [0.1, 0.15) is 12.2 Å². The zero-order valence-electron chi connectivity index (χ0n) is 18.6. The molecule has 1 unspecified atom stereocenters. The number of carbonyl (C=O) groups excluding carboxylic acids is 1. The maximum Gasteiger partial charge on any atom is 0.227 e. The maximum absolute atomic E-state index is 17.4. The standard InChI is InChI=1S/C24H30BrFO6/c1-13-6-15-16-8-18(25)17-7-14(27)4-5-20(17,2)23(16,26)19(28)9-21(15,3)24(13)22(31-12-32-24)10-29-11-30-22/h4-5,7,13,15-16,18-19,28H,6,8-12H2,1-3H3/t13-,15-,16-,18+,19-,20-,21-,22?,23-,24+/m0/s1. The maximum atomic E-state index is 17.4. The Morgan fingerprint density at radius 1 is 1.16 bits per heavy atom. The second-order valence-electron chi connectivity index (χ2n) is 11.0. The van der Waals surface area contributed by atoms with Gasteiger partial charge < -0.3 is 24.1 Å². The van der Waals surface area contributed by atoms with Gasteiger partial charge in [-0.3, -0.25) is 4.79 Å². The minimum absolute atomic E-state index is 0.0262. The summed E-state index contributed by atoms with van der Waals surface area (Å²) in [7, 11) is 0. The van der Waals surface area contributed by atoms with Crippen molar-refractivity contribution >= 4 is 21.7 Å². The van der Waals surface area contributed by atoms with Gasteiger partial charge in [0.15, 0.2) is 25.0 Å². The predicted octanol–water partition coefficient (Wildman–Crippen LogP) is 3.42. The van der Waals surface area contributed by atoms with Crippen LogP contribution in [0.2, 0.25) is 0 Å². The zero-order chi connectivity index (χ0) is 22.7. The summed E-state index contributed by atoms with van der Waals surface area (Å²) in [6, 6.07) is 0. The van der Waals surface area contributed by atoms with Crippen molar-refractivity contribution in [3.63, 3.8) is 0 Å². The minimum atomic E-state index is -1.89. The molecule has 0 bridgehead atoms. The molecule has 6 rings (SSSR count). The summed E-state index contributed by atoms with van der Waals surface area (Å²) in [4.78, 5) is 12.0. The lowest BCUT2D eigenvalue weighted by Gasteiger charge is -2.64. The molecule has 2 spiro atoms. The van der Waals surface area contributed by atoms with Crippen molar-refractivity contribution in [3.05, 3.63) is 23.8 Å². The summed E-state index contributed by atoms with van der Waals surface area (Å²) in [5.74, 6) is -1.63. The molecule has 4 aliphatic carbocycles. The first-order valence-electron chi connectivity index (χ1n) is 11.5. The van der Waals surface area contributed by atoms with Gasteiger partial charge in [-0.1, -0.05) is 35.9 Å². The monoisotopic (exact) mass is 512 g/mol. The molecule has 2 heterocycles. The average Bonchev–Trinajstić information content (AvgIpc) is 3.42. The molecule has 6 nitrogen and oxygen atoms in total. The molecule has 32 heavy (non-hydrogen) atoms. The highest BCUT2D eigenvalue weighted by Crippen LogP contribution is 2.74. The summed E-state index contributed by atoms with van der Waals surface area (Å²) in [6.07, 6.45) is 4.90. The lowest BCUT2D eigenvalue weighted by Crippen LogP contribution is -2.72. The van der Waals surface area contributed by atoms with E-state index in [-0.39, 0.29) is 49.1 Å². The molecule has 2 aliphatic heterocycles. The van der Waals surface area contributed by atoms with Gasteiger partial charge in [-0.2, -0.15) is 0 Å². The number of carbonyl (C=O) groups is 1. The molecule has 0 aromatic heterocycles. The van der Waals surface area contributed by atoms with E-state index < -0.39 is 39.9 Å². The third-order valence-electron chi connectivity index (χ3n) is 9.98. The van der Waals surface area contributed by atoms with Crippen LogP contribution < -0.4 is 0 Å². The summed E-state index contributed by atoms with van der Waals surface area (Å²) < 4.78 is 41.5. The van der Waals surface area contributed by atoms with Gasteiger partial charge in [0, 0.05) is 21.6 Å². The number of ketones is 1. The van der Waals surface area contributed by atoms with E-state index in [4.69, 9.17) is 18.9 Å². The minimum Gasteiger partial charge on any atom is -0.390 e. The van der Waals surface area contributed by atoms with Crippen LogP contribution in [0.5, 0.6) is 0 Å². The van der Waals surface area contributed by atoms with E-state index in [1.54, 1.807) is 12.2 Å². The van der Waals surface area contributed by atoms with E-state index >= 15 is 4.39 Å². The quantitative estimate of drug-likeness (QED) is 0.501. The fraction of sp³-hybridized carbons (Fsp3) is 0.792. The highest BCUT2D eigenvalue weighted by atomic mass is 79.9. The van der Waals surface area contributed by atoms with Crippen LogP contribution in [0.25, 0.3) is 0 Å². The number of aliphatic hydroxyl groups is 1. The highest BCUT2D eigenvalue weighted by molar-refractivity contribution is 9.09. The Balaban J connectivity index is 1.50. The molecule has 3 saturated carbocycles. The summed E-state index contributed by atoms with van der Waals surface area (Å²) in [5, 5.41) is 11.6. The molecule has 6 aliphatic rings. The highest BCUT2D eigenvalue weighted by Gasteiger charge is 2.81. The van der Waals surface area contributed by atoms with Crippen molar-refractivity contribution in [2.45, 2.75) is 68.0 Å². The van der Waals surface area contributed by atoms with Crippen molar-refractivity contribution in [2.75, 3.05) is 20.2 Å². The van der Waals surface area contributed by atoms with E-state index in [1.807, 2.05) is 6.92 Å². The molecular weight excluding hydrogens is 483 g/mol. The SMILES string of the molecule is C[C@H]1C[C@H]2[C@@H]3C[C@@H](Br)C4=CC(=O)C=C[C@]4(C)[C@@]3(F)[C@@H](O)C[C@]2(C)[C@]12OCOC21COCO1. The molecule has 176 valence electrons. The van der Waals surface area contributed by atoms with Crippen molar-refractivity contribution < 1.29 is 33.2 Å². The van der Waals surface area contributed by atoms with Crippen LogP contribution in [0, 0.1) is 28.6 Å². The molecule has 2 saturated heterocycles. The molecule has 5 fully saturated rings. The number of halogens is 2. The second-order valence-corrected chi connectivity index (χ2v) is 12.1. The molecule has 8 heteroatoms. The number of ether oxygens (including phenoxy) is 4. The Morgan fingerprint density at radius 2 is 1.91 bits per heavy atom. The van der Waals surface area contributed by atoms with Crippen LogP contribution in [0.4, 0.5) is 4.39 Å². The van der Waals surface area contributed by atoms with Gasteiger partial charge in [-0.05, 0) is 55.7 Å². The summed E-state index contributed by atoms with van der Waals surface area (Å²) in [6.45, 7) is 6.54. The number of hydrogen-bond acceptors (Lipinski definition) is 6. The smallest absolute Gasteiger partial charge is 0.227 e. The number of fused-ring (bicyclic) bond motifs is 7.